The lowest BCUT2D eigenvalue weighted by atomic mass is 10.2. The van der Waals surface area contributed by atoms with Crippen LogP contribution in [0, 0.1) is 5.82 Å². The van der Waals surface area contributed by atoms with Crippen LogP contribution >= 0.6 is 22.9 Å². The fourth-order valence-electron chi connectivity index (χ4n) is 3.10. The Bertz CT molecular complexity index is 1200. The molecule has 1 fully saturated rings. The molecule has 0 atom stereocenters. The van der Waals surface area contributed by atoms with E-state index in [4.69, 9.17) is 16.3 Å². The summed E-state index contributed by atoms with van der Waals surface area (Å²) in [6, 6.07) is 3.30. The number of halogens is 2. The van der Waals surface area contributed by atoms with E-state index in [-0.39, 0.29) is 15.9 Å². The van der Waals surface area contributed by atoms with Gasteiger partial charge in [-0.1, -0.05) is 22.9 Å². The van der Waals surface area contributed by atoms with Gasteiger partial charge in [0.15, 0.2) is 5.82 Å². The Morgan fingerprint density at radius 1 is 1.26 bits per heavy atom. The number of nitrogens with zero attached hydrogens (tertiary/aromatic N) is 6. The van der Waals surface area contributed by atoms with E-state index in [9.17, 15) is 14.0 Å². The zero-order valence-electron chi connectivity index (χ0n) is 17.1. The first-order valence-corrected chi connectivity index (χ1v) is 10.8. The van der Waals surface area contributed by atoms with E-state index < -0.39 is 23.1 Å². The smallest absolute Gasteiger partial charge is 0.410 e. The molecule has 4 rings (SSSR count). The molecule has 4 heterocycles. The number of hydrogen-bond donors (Lipinski definition) is 0. The summed E-state index contributed by atoms with van der Waals surface area (Å²) in [4.78, 5) is 36.5. The molecular weight excluding hydrogens is 447 g/mol. The third kappa shape index (κ3) is 4.47. The van der Waals surface area contributed by atoms with Crippen LogP contribution in [-0.2, 0) is 4.74 Å². The molecule has 0 spiro atoms. The normalized spacial score (nSPS) is 14.9. The highest BCUT2D eigenvalue weighted by atomic mass is 35.5. The van der Waals surface area contributed by atoms with Gasteiger partial charge in [0.2, 0.25) is 10.8 Å². The molecule has 0 N–H and O–H groups in total. The minimum absolute atomic E-state index is 0.0446. The predicted molar refractivity (Wildman–Crippen MR) is 115 cm³/mol. The van der Waals surface area contributed by atoms with Crippen molar-refractivity contribution in [3.8, 4) is 10.6 Å². The fraction of sp³-hybridized carbons (Fsp3) is 0.421. The first-order chi connectivity index (χ1) is 14.6. The highest BCUT2D eigenvalue weighted by Gasteiger charge is 2.29. The minimum Gasteiger partial charge on any atom is -0.444 e. The van der Waals surface area contributed by atoms with Gasteiger partial charge in [-0.15, -0.1) is 0 Å². The topological polar surface area (TPSA) is 92.9 Å². The van der Waals surface area contributed by atoms with E-state index in [0.717, 1.165) is 15.9 Å². The van der Waals surface area contributed by atoms with E-state index in [2.05, 4.69) is 15.1 Å². The lowest BCUT2D eigenvalue weighted by molar-refractivity contribution is 0.0240. The van der Waals surface area contributed by atoms with Gasteiger partial charge in [0.1, 0.15) is 15.8 Å². The summed E-state index contributed by atoms with van der Waals surface area (Å²) in [5.74, 6) is -1.02. The van der Waals surface area contributed by atoms with Gasteiger partial charge in [0, 0.05) is 37.9 Å². The fourth-order valence-corrected chi connectivity index (χ4v) is 4.16. The lowest BCUT2D eigenvalue weighted by Crippen LogP contribution is -2.50. The second-order valence-corrected chi connectivity index (χ2v) is 9.32. The summed E-state index contributed by atoms with van der Waals surface area (Å²) < 4.78 is 21.2. The zero-order valence-corrected chi connectivity index (χ0v) is 18.7. The number of ether oxygens (including phenoxy) is 1. The van der Waals surface area contributed by atoms with E-state index in [1.54, 1.807) is 42.7 Å². The summed E-state index contributed by atoms with van der Waals surface area (Å²) in [6.45, 7) is 6.71. The highest BCUT2D eigenvalue weighted by molar-refractivity contribution is 7.19. The van der Waals surface area contributed by atoms with Gasteiger partial charge in [-0.05, 0) is 32.9 Å². The van der Waals surface area contributed by atoms with Crippen molar-refractivity contribution in [2.75, 3.05) is 31.1 Å². The van der Waals surface area contributed by atoms with Crippen LogP contribution in [0.3, 0.4) is 0 Å². The standard InChI is InChI=1S/C19H20ClFN6O3S/c1-19(2,3)30-18(29)26-8-6-25(7-9-26)14-13(21)16(28)27-17(23-14)31-15(24-27)11-4-5-22-12(20)10-11/h4-5,10H,6-9H2,1-3H3. The van der Waals surface area contributed by atoms with Gasteiger partial charge in [-0.3, -0.25) is 4.79 Å². The van der Waals surface area contributed by atoms with Crippen LogP contribution in [0.5, 0.6) is 0 Å². The molecular formula is C19H20ClFN6O3S. The molecule has 0 saturated carbocycles. The molecule has 1 saturated heterocycles. The van der Waals surface area contributed by atoms with Crippen LogP contribution < -0.4 is 10.5 Å². The Kier molecular flexibility index (Phi) is 5.56. The number of aromatic nitrogens is 4. The molecule has 0 aliphatic carbocycles. The van der Waals surface area contributed by atoms with Gasteiger partial charge < -0.3 is 14.5 Å². The molecule has 31 heavy (non-hydrogen) atoms. The first kappa shape index (κ1) is 21.4. The summed E-state index contributed by atoms with van der Waals surface area (Å²) in [5.41, 5.74) is -0.815. The van der Waals surface area contributed by atoms with Gasteiger partial charge in [0.25, 0.3) is 0 Å². The number of anilines is 1. The van der Waals surface area contributed by atoms with E-state index in [1.165, 1.54) is 6.20 Å². The number of carbonyl (C=O) groups is 1. The molecule has 1 amide bonds. The third-order valence-corrected chi connectivity index (χ3v) is 5.71. The quantitative estimate of drug-likeness (QED) is 0.536. The number of carbonyl (C=O) groups excluding carboxylic acids is 1. The summed E-state index contributed by atoms with van der Waals surface area (Å²) in [6.07, 6.45) is 1.11. The minimum atomic E-state index is -0.979. The van der Waals surface area contributed by atoms with Gasteiger partial charge in [0.05, 0.1) is 0 Å². The largest absolute Gasteiger partial charge is 0.444 e. The molecule has 9 nitrogen and oxygen atoms in total. The maximum absolute atomic E-state index is 14.9. The number of amides is 1. The SMILES string of the molecule is CC(C)(C)OC(=O)N1CCN(c2nc3sc(-c4ccnc(Cl)c4)nn3c(=O)c2F)CC1. The average molecular weight is 467 g/mol. The monoisotopic (exact) mass is 466 g/mol. The summed E-state index contributed by atoms with van der Waals surface area (Å²) in [7, 11) is 0. The Morgan fingerprint density at radius 3 is 2.61 bits per heavy atom. The highest BCUT2D eigenvalue weighted by Crippen LogP contribution is 2.27. The number of piperazine rings is 1. The molecule has 3 aromatic rings. The van der Waals surface area contributed by atoms with Crippen molar-refractivity contribution in [2.24, 2.45) is 0 Å². The molecule has 0 unspecified atom stereocenters. The van der Waals surface area contributed by atoms with Crippen molar-refractivity contribution in [1.82, 2.24) is 24.5 Å². The van der Waals surface area contributed by atoms with Crippen LogP contribution in [0.2, 0.25) is 5.15 Å². The Balaban J connectivity index is 1.58. The number of pyridine rings is 1. The van der Waals surface area contributed by atoms with Gasteiger partial charge in [-0.25, -0.2) is 9.78 Å². The Hall–Kier alpha value is -2.79. The third-order valence-electron chi connectivity index (χ3n) is 4.54. The molecule has 0 aromatic carbocycles. The van der Waals surface area contributed by atoms with E-state index in [0.29, 0.717) is 36.8 Å². The maximum Gasteiger partial charge on any atom is 0.410 e. The van der Waals surface area contributed by atoms with Crippen molar-refractivity contribution in [3.63, 3.8) is 0 Å². The molecule has 12 heteroatoms. The molecule has 3 aromatic heterocycles. The number of fused-ring (bicyclic) bond motifs is 1. The van der Waals surface area contributed by atoms with Crippen LogP contribution in [-0.4, -0.2) is 62.4 Å². The number of hydrogen-bond acceptors (Lipinski definition) is 8. The lowest BCUT2D eigenvalue weighted by Gasteiger charge is -2.36. The number of rotatable bonds is 2. The van der Waals surface area contributed by atoms with Crippen molar-refractivity contribution < 1.29 is 13.9 Å². The summed E-state index contributed by atoms with van der Waals surface area (Å²) >= 11 is 7.07. The molecule has 164 valence electrons. The predicted octanol–water partition coefficient (Wildman–Crippen LogP) is 3.06. The van der Waals surface area contributed by atoms with Gasteiger partial charge in [-0.2, -0.15) is 19.0 Å². The van der Waals surface area contributed by atoms with Crippen LogP contribution in [0.15, 0.2) is 23.1 Å². The molecule has 0 bridgehead atoms. The van der Waals surface area contributed by atoms with Gasteiger partial charge >= 0.3 is 11.7 Å². The first-order valence-electron chi connectivity index (χ1n) is 9.56. The van der Waals surface area contributed by atoms with Crippen molar-refractivity contribution in [2.45, 2.75) is 26.4 Å². The Morgan fingerprint density at radius 2 is 1.97 bits per heavy atom. The van der Waals surface area contributed by atoms with E-state index >= 15 is 0 Å². The zero-order chi connectivity index (χ0) is 22.3. The second kappa shape index (κ2) is 8.04. The van der Waals surface area contributed by atoms with E-state index in [1.807, 2.05) is 0 Å². The average Bonchev–Trinajstić information content (AvgIpc) is 3.14. The maximum atomic E-state index is 14.9. The molecule has 1 aliphatic heterocycles. The van der Waals surface area contributed by atoms with Crippen LogP contribution in [0.1, 0.15) is 20.8 Å². The Labute approximate surface area is 186 Å². The molecule has 0 radical (unpaired) electrons. The van der Waals surface area contributed by atoms with Crippen molar-refractivity contribution in [3.05, 3.63) is 39.7 Å². The van der Waals surface area contributed by atoms with Crippen LogP contribution in [0.4, 0.5) is 15.0 Å². The summed E-state index contributed by atoms with van der Waals surface area (Å²) in [5, 5.41) is 4.94. The second-order valence-electron chi connectivity index (χ2n) is 7.98. The van der Waals surface area contributed by atoms with Crippen LogP contribution in [0.25, 0.3) is 15.5 Å². The molecule has 1 aliphatic rings. The van der Waals surface area contributed by atoms with Crippen molar-refractivity contribution >= 4 is 39.8 Å². The van der Waals surface area contributed by atoms with Crippen molar-refractivity contribution in [1.29, 1.82) is 0 Å².